The van der Waals surface area contributed by atoms with Crippen LogP contribution < -0.4 is 10.9 Å². The first-order chi connectivity index (χ1) is 9.22. The molecular weight excluding hydrogens is 262 g/mol. The number of halogens is 1. The van der Waals surface area contributed by atoms with Gasteiger partial charge >= 0.3 is 0 Å². The molecule has 0 saturated heterocycles. The molecular formula is C14H18ClN3O. The molecule has 102 valence electrons. The molecule has 5 heteroatoms. The minimum Gasteiger partial charge on any atom is -0.379 e. The van der Waals surface area contributed by atoms with E-state index in [-0.39, 0.29) is 12.1 Å². The van der Waals surface area contributed by atoms with Gasteiger partial charge in [-0.1, -0.05) is 43.2 Å². The Bertz CT molecular complexity index is 526. The second kappa shape index (κ2) is 6.63. The average molecular weight is 280 g/mol. The van der Waals surface area contributed by atoms with Gasteiger partial charge in [-0.15, -0.1) is 6.42 Å². The molecule has 1 heterocycles. The van der Waals surface area contributed by atoms with Crippen molar-refractivity contribution in [2.24, 2.45) is 5.92 Å². The number of nitrogens with zero attached hydrogens (tertiary/aromatic N) is 2. The smallest absolute Gasteiger partial charge is 0.292 e. The van der Waals surface area contributed by atoms with E-state index in [0.29, 0.717) is 10.7 Å². The molecule has 0 aromatic carbocycles. The fourth-order valence-corrected chi connectivity index (χ4v) is 2.72. The van der Waals surface area contributed by atoms with Gasteiger partial charge in [-0.2, -0.15) is 5.10 Å². The van der Waals surface area contributed by atoms with Crippen LogP contribution in [0.15, 0.2) is 11.0 Å². The van der Waals surface area contributed by atoms with Crippen molar-refractivity contribution in [2.45, 2.75) is 38.6 Å². The summed E-state index contributed by atoms with van der Waals surface area (Å²) < 4.78 is 1.24. The number of hydrogen-bond donors (Lipinski definition) is 1. The molecule has 4 nitrogen and oxygen atoms in total. The van der Waals surface area contributed by atoms with E-state index in [9.17, 15) is 4.79 Å². The van der Waals surface area contributed by atoms with Crippen LogP contribution in [0, 0.1) is 18.3 Å². The Hall–Kier alpha value is -1.47. The number of aromatic nitrogens is 2. The van der Waals surface area contributed by atoms with Gasteiger partial charge in [-0.05, 0) is 12.3 Å². The summed E-state index contributed by atoms with van der Waals surface area (Å²) in [6.07, 6.45) is 13.0. The van der Waals surface area contributed by atoms with Crippen molar-refractivity contribution in [2.75, 3.05) is 11.9 Å². The molecule has 0 unspecified atom stereocenters. The standard InChI is InChI=1S/C14H18ClN3O/c1-2-9-18-14(19)13(12(15)10-17-18)16-8-7-11-5-3-4-6-11/h1,10-11,16H,3-9H2. The van der Waals surface area contributed by atoms with Crippen LogP contribution >= 0.6 is 11.6 Å². The Morgan fingerprint density at radius 2 is 2.26 bits per heavy atom. The van der Waals surface area contributed by atoms with Crippen molar-refractivity contribution in [3.8, 4) is 12.3 Å². The van der Waals surface area contributed by atoms with Crippen molar-refractivity contribution < 1.29 is 0 Å². The zero-order valence-electron chi connectivity index (χ0n) is 10.9. The SMILES string of the molecule is C#CCn1ncc(Cl)c(NCCC2CCCC2)c1=O. The van der Waals surface area contributed by atoms with Gasteiger partial charge in [0.1, 0.15) is 12.2 Å². The lowest BCUT2D eigenvalue weighted by Gasteiger charge is -2.12. The lowest BCUT2D eigenvalue weighted by atomic mass is 10.0. The van der Waals surface area contributed by atoms with Crippen molar-refractivity contribution in [3.05, 3.63) is 21.6 Å². The molecule has 1 aliphatic carbocycles. The third-order valence-electron chi connectivity index (χ3n) is 3.57. The molecule has 0 radical (unpaired) electrons. The van der Waals surface area contributed by atoms with Crippen molar-refractivity contribution in [3.63, 3.8) is 0 Å². The van der Waals surface area contributed by atoms with Crippen molar-refractivity contribution >= 4 is 17.3 Å². The zero-order valence-corrected chi connectivity index (χ0v) is 11.6. The number of nitrogens with one attached hydrogen (secondary N) is 1. The molecule has 1 aromatic heterocycles. The fourth-order valence-electron chi connectivity index (χ4n) is 2.53. The minimum absolute atomic E-state index is 0.160. The van der Waals surface area contributed by atoms with Gasteiger partial charge in [0.2, 0.25) is 0 Å². The van der Waals surface area contributed by atoms with Gasteiger partial charge in [-0.3, -0.25) is 4.79 Å². The molecule has 0 spiro atoms. The first kappa shape index (κ1) is 14.0. The topological polar surface area (TPSA) is 46.9 Å². The van der Waals surface area contributed by atoms with E-state index in [2.05, 4.69) is 16.3 Å². The normalized spacial score (nSPS) is 15.4. The molecule has 1 saturated carbocycles. The quantitative estimate of drug-likeness (QED) is 0.843. The number of anilines is 1. The summed E-state index contributed by atoms with van der Waals surface area (Å²) in [7, 11) is 0. The van der Waals surface area contributed by atoms with Crippen LogP contribution in [0.3, 0.4) is 0 Å². The van der Waals surface area contributed by atoms with Gasteiger partial charge in [0.25, 0.3) is 5.56 Å². The molecule has 0 aliphatic heterocycles. The molecule has 0 atom stereocenters. The zero-order chi connectivity index (χ0) is 13.7. The summed E-state index contributed by atoms with van der Waals surface area (Å²) in [5.41, 5.74) is 0.154. The summed E-state index contributed by atoms with van der Waals surface area (Å²) in [5.74, 6) is 3.18. The predicted molar refractivity (Wildman–Crippen MR) is 77.4 cm³/mol. The monoisotopic (exact) mass is 279 g/mol. The molecule has 0 amide bonds. The second-order valence-corrected chi connectivity index (χ2v) is 5.31. The van der Waals surface area contributed by atoms with E-state index in [1.165, 1.54) is 36.6 Å². The molecule has 1 fully saturated rings. The van der Waals surface area contributed by atoms with Crippen LogP contribution in [0.4, 0.5) is 5.69 Å². The number of hydrogen-bond acceptors (Lipinski definition) is 3. The molecule has 1 aromatic rings. The highest BCUT2D eigenvalue weighted by molar-refractivity contribution is 6.32. The van der Waals surface area contributed by atoms with Crippen LogP contribution in [-0.2, 0) is 6.54 Å². The lowest BCUT2D eigenvalue weighted by Crippen LogP contribution is -2.26. The molecule has 0 bridgehead atoms. The highest BCUT2D eigenvalue weighted by Gasteiger charge is 2.15. The Kier molecular flexibility index (Phi) is 4.86. The van der Waals surface area contributed by atoms with Gasteiger partial charge in [-0.25, -0.2) is 4.68 Å². The molecule has 1 aliphatic rings. The first-order valence-electron chi connectivity index (χ1n) is 6.65. The second-order valence-electron chi connectivity index (χ2n) is 4.90. The summed E-state index contributed by atoms with van der Waals surface area (Å²) in [4.78, 5) is 12.1. The number of terminal acetylenes is 1. The van der Waals surface area contributed by atoms with Crippen molar-refractivity contribution in [1.29, 1.82) is 0 Å². The van der Waals surface area contributed by atoms with Gasteiger partial charge in [0.15, 0.2) is 0 Å². The van der Waals surface area contributed by atoms with E-state index >= 15 is 0 Å². The summed E-state index contributed by atoms with van der Waals surface area (Å²) in [6.45, 7) is 0.924. The van der Waals surface area contributed by atoms with E-state index < -0.39 is 0 Å². The van der Waals surface area contributed by atoms with Crippen LogP contribution in [0.2, 0.25) is 5.02 Å². The Morgan fingerprint density at radius 3 is 2.95 bits per heavy atom. The Balaban J connectivity index is 2.00. The van der Waals surface area contributed by atoms with E-state index in [0.717, 1.165) is 18.9 Å². The predicted octanol–water partition coefficient (Wildman–Crippen LogP) is 2.52. The third-order valence-corrected chi connectivity index (χ3v) is 3.85. The summed E-state index contributed by atoms with van der Waals surface area (Å²) >= 11 is 6.01. The highest BCUT2D eigenvalue weighted by atomic mass is 35.5. The maximum absolute atomic E-state index is 12.1. The van der Waals surface area contributed by atoms with Crippen LogP contribution in [0.1, 0.15) is 32.1 Å². The largest absolute Gasteiger partial charge is 0.379 e. The lowest BCUT2D eigenvalue weighted by molar-refractivity contribution is 0.518. The van der Waals surface area contributed by atoms with Crippen LogP contribution in [0.25, 0.3) is 0 Å². The summed E-state index contributed by atoms with van der Waals surface area (Å²) in [5, 5.41) is 7.39. The average Bonchev–Trinajstić information content (AvgIpc) is 2.90. The molecule has 1 N–H and O–H groups in total. The van der Waals surface area contributed by atoms with Crippen molar-refractivity contribution in [1.82, 2.24) is 9.78 Å². The molecule has 19 heavy (non-hydrogen) atoms. The Morgan fingerprint density at radius 1 is 1.53 bits per heavy atom. The van der Waals surface area contributed by atoms with Gasteiger partial charge in [0, 0.05) is 6.54 Å². The summed E-state index contributed by atoms with van der Waals surface area (Å²) in [6, 6.07) is 0. The maximum Gasteiger partial charge on any atom is 0.292 e. The third kappa shape index (κ3) is 3.51. The van der Waals surface area contributed by atoms with Crippen LogP contribution in [0.5, 0.6) is 0 Å². The first-order valence-corrected chi connectivity index (χ1v) is 7.03. The Labute approximate surface area is 118 Å². The minimum atomic E-state index is -0.253. The number of rotatable bonds is 5. The van der Waals surface area contributed by atoms with Gasteiger partial charge < -0.3 is 5.32 Å². The molecule has 2 rings (SSSR count). The maximum atomic E-state index is 12.1. The van der Waals surface area contributed by atoms with E-state index in [1.54, 1.807) is 0 Å². The fraction of sp³-hybridized carbons (Fsp3) is 0.571. The van der Waals surface area contributed by atoms with E-state index in [4.69, 9.17) is 18.0 Å². The van der Waals surface area contributed by atoms with E-state index in [1.807, 2.05) is 0 Å². The highest BCUT2D eigenvalue weighted by Crippen LogP contribution is 2.27. The van der Waals surface area contributed by atoms with Crippen LogP contribution in [-0.4, -0.2) is 16.3 Å². The van der Waals surface area contributed by atoms with Gasteiger partial charge in [0.05, 0.1) is 11.2 Å².